The lowest BCUT2D eigenvalue weighted by Crippen LogP contribution is -2.36. The minimum Gasteiger partial charge on any atom is -0.324 e. The molecule has 0 saturated carbocycles. The molecule has 0 spiro atoms. The molecule has 2 aromatic rings. The number of pyridine rings is 1. The Morgan fingerprint density at radius 1 is 1.29 bits per heavy atom. The van der Waals surface area contributed by atoms with Crippen LogP contribution in [0, 0.1) is 0 Å². The van der Waals surface area contributed by atoms with E-state index < -0.39 is 0 Å². The molecule has 2 N–H and O–H groups in total. The summed E-state index contributed by atoms with van der Waals surface area (Å²) in [6, 6.07) is 6.39. The van der Waals surface area contributed by atoms with Gasteiger partial charge >= 0.3 is 6.03 Å². The summed E-state index contributed by atoms with van der Waals surface area (Å²) >= 11 is 0. The molecular formula is C14H17N5O2. The highest BCUT2D eigenvalue weighted by Gasteiger charge is 2.12. The topological polar surface area (TPSA) is 91.0 Å². The van der Waals surface area contributed by atoms with E-state index in [1.165, 1.54) is 12.1 Å². The van der Waals surface area contributed by atoms with Gasteiger partial charge in [0, 0.05) is 31.5 Å². The first-order chi connectivity index (χ1) is 10.2. The van der Waals surface area contributed by atoms with Gasteiger partial charge in [-0.2, -0.15) is 5.10 Å². The average molecular weight is 287 g/mol. The molecule has 0 fully saturated rings. The van der Waals surface area contributed by atoms with Crippen molar-refractivity contribution >= 4 is 11.8 Å². The van der Waals surface area contributed by atoms with Gasteiger partial charge in [0.2, 0.25) is 0 Å². The molecule has 0 aliphatic heterocycles. The van der Waals surface area contributed by atoms with Crippen LogP contribution in [0.4, 0.5) is 10.6 Å². The van der Waals surface area contributed by atoms with E-state index in [9.17, 15) is 9.59 Å². The maximum absolute atomic E-state index is 12.1. The molecular weight excluding hydrogens is 270 g/mol. The number of anilines is 1. The Kier molecular flexibility index (Phi) is 5.03. The molecule has 0 radical (unpaired) electrons. The Labute approximate surface area is 122 Å². The van der Waals surface area contributed by atoms with Gasteiger partial charge in [0.05, 0.1) is 0 Å². The molecule has 21 heavy (non-hydrogen) atoms. The molecule has 0 aliphatic carbocycles. The lowest BCUT2D eigenvalue weighted by molar-refractivity contribution is 0.215. The lowest BCUT2D eigenvalue weighted by Gasteiger charge is -2.20. The van der Waals surface area contributed by atoms with Gasteiger partial charge in [0.1, 0.15) is 0 Å². The third-order valence-corrected chi connectivity index (χ3v) is 3.00. The molecule has 0 aliphatic rings. The van der Waals surface area contributed by atoms with E-state index in [2.05, 4.69) is 20.5 Å². The van der Waals surface area contributed by atoms with Crippen molar-refractivity contribution in [1.29, 1.82) is 0 Å². The van der Waals surface area contributed by atoms with Gasteiger partial charge in [-0.1, -0.05) is 0 Å². The van der Waals surface area contributed by atoms with Gasteiger partial charge in [-0.3, -0.25) is 15.1 Å². The predicted octanol–water partition coefficient (Wildman–Crippen LogP) is 1.26. The highest BCUT2D eigenvalue weighted by Crippen LogP contribution is 2.03. The molecule has 7 nitrogen and oxygen atoms in total. The summed E-state index contributed by atoms with van der Waals surface area (Å²) in [5.74, 6) is 0.321. The number of aromatic amines is 1. The van der Waals surface area contributed by atoms with Gasteiger partial charge in [-0.15, -0.1) is 0 Å². The maximum Gasteiger partial charge on any atom is 0.323 e. The van der Waals surface area contributed by atoms with E-state index in [0.717, 1.165) is 12.0 Å². The van der Waals surface area contributed by atoms with Crippen LogP contribution in [0.15, 0.2) is 41.5 Å². The molecule has 0 aromatic carbocycles. The Morgan fingerprint density at radius 2 is 2.05 bits per heavy atom. The second-order valence-corrected chi connectivity index (χ2v) is 4.42. The fourth-order valence-electron chi connectivity index (χ4n) is 1.82. The first-order valence-corrected chi connectivity index (χ1v) is 6.69. The van der Waals surface area contributed by atoms with E-state index in [4.69, 9.17) is 0 Å². The van der Waals surface area contributed by atoms with Crippen LogP contribution >= 0.6 is 0 Å². The van der Waals surface area contributed by atoms with E-state index in [1.54, 1.807) is 17.3 Å². The zero-order valence-corrected chi connectivity index (χ0v) is 11.7. The number of hydrogen-bond acceptors (Lipinski definition) is 4. The third kappa shape index (κ3) is 4.41. The SMILES string of the molecule is CCN(CCc1ccncc1)C(=O)Nc1ccc(=O)[nH]n1. The number of rotatable bonds is 5. The largest absolute Gasteiger partial charge is 0.324 e. The minimum atomic E-state index is -0.307. The summed E-state index contributed by atoms with van der Waals surface area (Å²) in [6.07, 6.45) is 4.22. The van der Waals surface area contributed by atoms with Crippen molar-refractivity contribution in [2.24, 2.45) is 0 Å². The highest BCUT2D eigenvalue weighted by molar-refractivity contribution is 5.88. The number of carbonyl (C=O) groups excluding carboxylic acids is 1. The van der Waals surface area contributed by atoms with Crippen molar-refractivity contribution in [3.8, 4) is 0 Å². The van der Waals surface area contributed by atoms with E-state index in [0.29, 0.717) is 18.9 Å². The number of nitrogens with one attached hydrogen (secondary N) is 2. The van der Waals surface area contributed by atoms with Crippen molar-refractivity contribution in [2.45, 2.75) is 13.3 Å². The van der Waals surface area contributed by atoms with Crippen molar-refractivity contribution in [1.82, 2.24) is 20.1 Å². The van der Waals surface area contributed by atoms with Gasteiger partial charge in [0.25, 0.3) is 5.56 Å². The predicted molar refractivity (Wildman–Crippen MR) is 79.1 cm³/mol. The Morgan fingerprint density at radius 3 is 2.67 bits per heavy atom. The van der Waals surface area contributed by atoms with Crippen LogP contribution < -0.4 is 10.9 Å². The van der Waals surface area contributed by atoms with Gasteiger partial charge in [-0.05, 0) is 37.1 Å². The van der Waals surface area contributed by atoms with Gasteiger partial charge in [0.15, 0.2) is 5.82 Å². The minimum absolute atomic E-state index is 0.244. The van der Waals surface area contributed by atoms with E-state index >= 15 is 0 Å². The Bertz CT molecular complexity index is 621. The fourth-order valence-corrected chi connectivity index (χ4v) is 1.82. The first kappa shape index (κ1) is 14.7. The molecule has 2 aromatic heterocycles. The van der Waals surface area contributed by atoms with E-state index in [-0.39, 0.29) is 11.6 Å². The van der Waals surface area contributed by atoms with Crippen LogP contribution in [-0.4, -0.2) is 39.2 Å². The second kappa shape index (κ2) is 7.18. The van der Waals surface area contributed by atoms with Crippen LogP contribution in [0.5, 0.6) is 0 Å². The lowest BCUT2D eigenvalue weighted by atomic mass is 10.2. The highest BCUT2D eigenvalue weighted by atomic mass is 16.2. The fraction of sp³-hybridized carbons (Fsp3) is 0.286. The molecule has 2 rings (SSSR count). The number of amides is 2. The molecule has 110 valence electrons. The van der Waals surface area contributed by atoms with Crippen molar-refractivity contribution in [3.05, 3.63) is 52.6 Å². The van der Waals surface area contributed by atoms with Crippen LogP contribution in [0.25, 0.3) is 0 Å². The van der Waals surface area contributed by atoms with E-state index in [1.807, 2.05) is 19.1 Å². The Hall–Kier alpha value is -2.70. The standard InChI is InChI=1S/C14H17N5O2/c1-2-19(10-7-11-5-8-15-9-6-11)14(21)16-12-3-4-13(20)18-17-12/h3-6,8-9H,2,7,10H2,1H3,(H,18,20)(H,16,17,21). The van der Waals surface area contributed by atoms with Crippen molar-refractivity contribution in [2.75, 3.05) is 18.4 Å². The number of carbonyl (C=O) groups is 1. The smallest absolute Gasteiger partial charge is 0.323 e. The van der Waals surface area contributed by atoms with Crippen molar-refractivity contribution in [3.63, 3.8) is 0 Å². The monoisotopic (exact) mass is 287 g/mol. The van der Waals surface area contributed by atoms with Crippen molar-refractivity contribution < 1.29 is 4.79 Å². The van der Waals surface area contributed by atoms with Crippen LogP contribution in [0.1, 0.15) is 12.5 Å². The first-order valence-electron chi connectivity index (χ1n) is 6.69. The van der Waals surface area contributed by atoms with Gasteiger partial charge in [-0.25, -0.2) is 9.89 Å². The third-order valence-electron chi connectivity index (χ3n) is 3.00. The molecule has 0 bridgehead atoms. The van der Waals surface area contributed by atoms with Crippen LogP contribution in [0.3, 0.4) is 0 Å². The van der Waals surface area contributed by atoms with Crippen LogP contribution in [-0.2, 0) is 6.42 Å². The molecule has 0 atom stereocenters. The average Bonchev–Trinajstić information content (AvgIpc) is 2.51. The molecule has 2 heterocycles. The number of aromatic nitrogens is 3. The second-order valence-electron chi connectivity index (χ2n) is 4.42. The normalized spacial score (nSPS) is 10.1. The maximum atomic E-state index is 12.1. The zero-order valence-electron chi connectivity index (χ0n) is 11.7. The van der Waals surface area contributed by atoms with Crippen LogP contribution in [0.2, 0.25) is 0 Å². The molecule has 2 amide bonds. The Balaban J connectivity index is 1.92. The summed E-state index contributed by atoms with van der Waals surface area (Å²) in [6.45, 7) is 3.09. The summed E-state index contributed by atoms with van der Waals surface area (Å²) in [5, 5.41) is 8.67. The quantitative estimate of drug-likeness (QED) is 0.866. The molecule has 0 unspecified atom stereocenters. The summed E-state index contributed by atoms with van der Waals surface area (Å²) < 4.78 is 0. The summed E-state index contributed by atoms with van der Waals surface area (Å²) in [5.41, 5.74) is 0.816. The number of urea groups is 1. The number of H-pyrrole nitrogens is 1. The number of nitrogens with zero attached hydrogens (tertiary/aromatic N) is 3. The summed E-state index contributed by atoms with van der Waals surface area (Å²) in [4.78, 5) is 28.7. The zero-order chi connectivity index (χ0) is 15.1. The number of hydrogen-bond donors (Lipinski definition) is 2. The summed E-state index contributed by atoms with van der Waals surface area (Å²) in [7, 11) is 0. The molecule has 0 saturated heterocycles. The molecule has 7 heteroatoms. The van der Waals surface area contributed by atoms with Gasteiger partial charge < -0.3 is 4.90 Å². The number of likely N-dealkylation sites (N-methyl/N-ethyl adjacent to an activating group) is 1.